The normalized spacial score (nSPS) is 10.7. The molecule has 0 aliphatic carbocycles. The monoisotopic (exact) mass is 277 g/mol. The van der Waals surface area contributed by atoms with Crippen molar-refractivity contribution >= 4 is 11.6 Å². The first kappa shape index (κ1) is 14.0. The predicted octanol–water partition coefficient (Wildman–Crippen LogP) is 4.65. The number of rotatable bonds is 5. The van der Waals surface area contributed by atoms with Gasteiger partial charge in [-0.2, -0.15) is 0 Å². The molecule has 0 saturated carbocycles. The molecular weight excluding hydrogens is 261 g/mol. The fraction of sp³-hybridized carbons (Fsp3) is 0.250. The Kier molecular flexibility index (Phi) is 4.94. The van der Waals surface area contributed by atoms with Gasteiger partial charge in [0.05, 0.1) is 0 Å². The molecule has 100 valence electrons. The molecule has 0 heterocycles. The fourth-order valence-electron chi connectivity index (χ4n) is 1.94. The summed E-state index contributed by atoms with van der Waals surface area (Å²) in [6.45, 7) is 3.85. The van der Waals surface area contributed by atoms with Crippen LogP contribution in [0.3, 0.4) is 0 Å². The van der Waals surface area contributed by atoms with E-state index < -0.39 is 0 Å². The Hall–Kier alpha value is -1.38. The molecule has 0 aromatic heterocycles. The van der Waals surface area contributed by atoms with Crippen molar-refractivity contribution in [2.75, 3.05) is 6.54 Å². The number of hydrogen-bond acceptors (Lipinski definition) is 1. The van der Waals surface area contributed by atoms with E-state index in [1.54, 1.807) is 12.1 Å². The second kappa shape index (κ2) is 6.69. The second-order valence-corrected chi connectivity index (χ2v) is 4.93. The number of halogens is 2. The van der Waals surface area contributed by atoms with Gasteiger partial charge < -0.3 is 5.32 Å². The molecule has 0 unspecified atom stereocenters. The van der Waals surface area contributed by atoms with E-state index in [0.29, 0.717) is 10.6 Å². The van der Waals surface area contributed by atoms with Crippen LogP contribution in [0.5, 0.6) is 0 Å². The summed E-state index contributed by atoms with van der Waals surface area (Å²) in [6, 6.07) is 12.5. The first-order chi connectivity index (χ1) is 9.20. The van der Waals surface area contributed by atoms with Gasteiger partial charge in [0.1, 0.15) is 5.82 Å². The predicted molar refractivity (Wildman–Crippen MR) is 78.8 cm³/mol. The quantitative estimate of drug-likeness (QED) is 0.785. The molecule has 0 bridgehead atoms. The topological polar surface area (TPSA) is 12.0 Å². The lowest BCUT2D eigenvalue weighted by atomic mass is 10.0. The van der Waals surface area contributed by atoms with Crippen LogP contribution < -0.4 is 5.32 Å². The molecule has 19 heavy (non-hydrogen) atoms. The van der Waals surface area contributed by atoms with Crippen molar-refractivity contribution in [2.24, 2.45) is 0 Å². The zero-order chi connectivity index (χ0) is 13.7. The summed E-state index contributed by atoms with van der Waals surface area (Å²) >= 11 is 5.85. The van der Waals surface area contributed by atoms with Crippen LogP contribution in [-0.4, -0.2) is 6.54 Å². The standard InChI is InChI=1S/C16H17ClFN/c1-2-9-19-11-12-3-8-16(18)15(10-12)13-4-6-14(17)7-5-13/h3-8,10,19H,2,9,11H2,1H3. The van der Waals surface area contributed by atoms with E-state index in [1.165, 1.54) is 6.07 Å². The summed E-state index contributed by atoms with van der Waals surface area (Å²) in [5.41, 5.74) is 2.55. The molecule has 0 fully saturated rings. The molecule has 0 aliphatic rings. The van der Waals surface area contributed by atoms with E-state index in [2.05, 4.69) is 12.2 Å². The molecule has 0 atom stereocenters. The summed E-state index contributed by atoms with van der Waals surface area (Å²) in [6.07, 6.45) is 1.09. The van der Waals surface area contributed by atoms with Crippen molar-refractivity contribution in [1.29, 1.82) is 0 Å². The van der Waals surface area contributed by atoms with Crippen molar-refractivity contribution in [1.82, 2.24) is 5.32 Å². The highest BCUT2D eigenvalue weighted by molar-refractivity contribution is 6.30. The SMILES string of the molecule is CCCNCc1ccc(F)c(-c2ccc(Cl)cc2)c1. The molecule has 3 heteroatoms. The minimum absolute atomic E-state index is 0.207. The van der Waals surface area contributed by atoms with E-state index in [-0.39, 0.29) is 5.82 Å². The largest absolute Gasteiger partial charge is 0.313 e. The van der Waals surface area contributed by atoms with Crippen LogP contribution in [-0.2, 0) is 6.54 Å². The van der Waals surface area contributed by atoms with Crippen molar-refractivity contribution in [3.63, 3.8) is 0 Å². The molecule has 1 N–H and O–H groups in total. The van der Waals surface area contributed by atoms with Crippen LogP contribution in [0, 0.1) is 5.82 Å². The van der Waals surface area contributed by atoms with Crippen LogP contribution in [0.2, 0.25) is 5.02 Å². The number of hydrogen-bond donors (Lipinski definition) is 1. The van der Waals surface area contributed by atoms with Gasteiger partial charge >= 0.3 is 0 Å². The highest BCUT2D eigenvalue weighted by Gasteiger charge is 2.06. The lowest BCUT2D eigenvalue weighted by Gasteiger charge is -2.08. The average Bonchev–Trinajstić information content (AvgIpc) is 2.42. The summed E-state index contributed by atoms with van der Waals surface area (Å²) in [5.74, 6) is -0.207. The van der Waals surface area contributed by atoms with Crippen LogP contribution in [0.4, 0.5) is 4.39 Å². The molecule has 2 rings (SSSR count). The van der Waals surface area contributed by atoms with E-state index in [9.17, 15) is 4.39 Å². The Morgan fingerprint density at radius 1 is 1.11 bits per heavy atom. The zero-order valence-electron chi connectivity index (χ0n) is 10.9. The minimum atomic E-state index is -0.207. The van der Waals surface area contributed by atoms with Gasteiger partial charge in [-0.3, -0.25) is 0 Å². The lowest BCUT2D eigenvalue weighted by Crippen LogP contribution is -2.13. The van der Waals surface area contributed by atoms with Gasteiger partial charge in [-0.15, -0.1) is 0 Å². The first-order valence-electron chi connectivity index (χ1n) is 6.46. The molecule has 0 spiro atoms. The Labute approximate surface area is 118 Å². The molecule has 0 aliphatic heterocycles. The lowest BCUT2D eigenvalue weighted by molar-refractivity contribution is 0.628. The molecule has 0 amide bonds. The highest BCUT2D eigenvalue weighted by atomic mass is 35.5. The number of nitrogens with one attached hydrogen (secondary N) is 1. The van der Waals surface area contributed by atoms with Crippen LogP contribution in [0.1, 0.15) is 18.9 Å². The van der Waals surface area contributed by atoms with Crippen LogP contribution >= 0.6 is 11.6 Å². The fourth-order valence-corrected chi connectivity index (χ4v) is 2.07. The van der Waals surface area contributed by atoms with Crippen molar-refractivity contribution < 1.29 is 4.39 Å². The van der Waals surface area contributed by atoms with Crippen molar-refractivity contribution in [3.8, 4) is 11.1 Å². The van der Waals surface area contributed by atoms with E-state index in [1.807, 2.05) is 24.3 Å². The minimum Gasteiger partial charge on any atom is -0.313 e. The molecule has 1 nitrogen and oxygen atoms in total. The van der Waals surface area contributed by atoms with E-state index in [0.717, 1.165) is 30.6 Å². The first-order valence-corrected chi connectivity index (χ1v) is 6.83. The summed E-state index contributed by atoms with van der Waals surface area (Å²) in [7, 11) is 0. The molecule has 2 aromatic rings. The van der Waals surface area contributed by atoms with Crippen molar-refractivity contribution in [3.05, 3.63) is 58.9 Å². The van der Waals surface area contributed by atoms with Gasteiger partial charge in [0.25, 0.3) is 0 Å². The maximum atomic E-state index is 13.9. The van der Waals surface area contributed by atoms with Gasteiger partial charge in [0.2, 0.25) is 0 Å². The van der Waals surface area contributed by atoms with E-state index >= 15 is 0 Å². The smallest absolute Gasteiger partial charge is 0.131 e. The average molecular weight is 278 g/mol. The molecule has 0 saturated heterocycles. The third-order valence-corrected chi connectivity index (χ3v) is 3.19. The zero-order valence-corrected chi connectivity index (χ0v) is 11.7. The third kappa shape index (κ3) is 3.79. The summed E-state index contributed by atoms with van der Waals surface area (Å²) in [4.78, 5) is 0. The Balaban J connectivity index is 2.24. The van der Waals surface area contributed by atoms with Gasteiger partial charge in [0, 0.05) is 17.1 Å². The Morgan fingerprint density at radius 3 is 2.53 bits per heavy atom. The van der Waals surface area contributed by atoms with Crippen LogP contribution in [0.25, 0.3) is 11.1 Å². The van der Waals surface area contributed by atoms with Crippen molar-refractivity contribution in [2.45, 2.75) is 19.9 Å². The Bertz CT molecular complexity index is 537. The summed E-state index contributed by atoms with van der Waals surface area (Å²) < 4.78 is 13.9. The maximum Gasteiger partial charge on any atom is 0.131 e. The van der Waals surface area contributed by atoms with Gasteiger partial charge in [-0.1, -0.05) is 36.7 Å². The molecular formula is C16H17ClFN. The molecule has 2 aromatic carbocycles. The number of benzene rings is 2. The third-order valence-electron chi connectivity index (χ3n) is 2.94. The van der Waals surface area contributed by atoms with Gasteiger partial charge in [-0.05, 0) is 48.4 Å². The Morgan fingerprint density at radius 2 is 1.84 bits per heavy atom. The van der Waals surface area contributed by atoms with E-state index in [4.69, 9.17) is 11.6 Å². The van der Waals surface area contributed by atoms with Crippen LogP contribution in [0.15, 0.2) is 42.5 Å². The summed E-state index contributed by atoms with van der Waals surface area (Å²) in [5, 5.41) is 3.97. The maximum absolute atomic E-state index is 13.9. The van der Waals surface area contributed by atoms with Gasteiger partial charge in [0.15, 0.2) is 0 Å². The second-order valence-electron chi connectivity index (χ2n) is 4.50. The molecule has 0 radical (unpaired) electrons. The highest BCUT2D eigenvalue weighted by Crippen LogP contribution is 2.25. The van der Waals surface area contributed by atoms with Gasteiger partial charge in [-0.25, -0.2) is 4.39 Å².